The summed E-state index contributed by atoms with van der Waals surface area (Å²) < 4.78 is 46.3. The van der Waals surface area contributed by atoms with E-state index in [0.717, 1.165) is 0 Å². The molecule has 2 aliphatic heterocycles. The van der Waals surface area contributed by atoms with Crippen LogP contribution in [0.5, 0.6) is 17.2 Å². The van der Waals surface area contributed by atoms with Crippen molar-refractivity contribution in [3.05, 3.63) is 71.2 Å². The molecule has 234 valence electrons. The molecule has 0 unspecified atom stereocenters. The van der Waals surface area contributed by atoms with Crippen molar-refractivity contribution in [3.63, 3.8) is 0 Å². The molecule has 3 aromatic rings. The zero-order valence-electron chi connectivity index (χ0n) is 24.3. The van der Waals surface area contributed by atoms with E-state index in [9.17, 15) is 23.1 Å². The Kier molecular flexibility index (Phi) is 9.09. The van der Waals surface area contributed by atoms with Crippen LogP contribution < -0.4 is 24.2 Å². The number of sulfonamides is 1. The highest BCUT2D eigenvalue weighted by atomic mass is 35.5. The minimum absolute atomic E-state index is 0.0197. The van der Waals surface area contributed by atoms with Crippen molar-refractivity contribution in [2.75, 3.05) is 43.6 Å². The van der Waals surface area contributed by atoms with Crippen molar-refractivity contribution in [1.82, 2.24) is 9.80 Å². The third-order valence-electron chi connectivity index (χ3n) is 7.48. The summed E-state index contributed by atoms with van der Waals surface area (Å²) in [4.78, 5) is 29.9. The average Bonchev–Trinajstić information content (AvgIpc) is 3.47. The fourth-order valence-electron chi connectivity index (χ4n) is 4.91. The Hall–Kier alpha value is -4.20. The van der Waals surface area contributed by atoms with Gasteiger partial charge in [0, 0.05) is 36.3 Å². The van der Waals surface area contributed by atoms with Crippen LogP contribution in [0.25, 0.3) is 0 Å². The van der Waals surface area contributed by atoms with Crippen molar-refractivity contribution in [2.45, 2.75) is 30.9 Å². The molecule has 5 rings (SSSR count). The molecule has 2 aliphatic rings. The van der Waals surface area contributed by atoms with Gasteiger partial charge in [-0.1, -0.05) is 24.6 Å². The third-order valence-corrected chi connectivity index (χ3v) is 9.12. The number of halogens is 1. The lowest BCUT2D eigenvalue weighted by Crippen LogP contribution is -2.50. The number of likely N-dealkylation sites (N-methyl/N-ethyl adjacent to an activating group) is 1. The number of ether oxygens (including phenoxy) is 3. The maximum Gasteiger partial charge on any atom is 0.321 e. The molecular weight excluding hydrogens is 612 g/mol. The first-order chi connectivity index (χ1) is 21.0. The van der Waals surface area contributed by atoms with Crippen LogP contribution in [-0.4, -0.2) is 80.9 Å². The number of hydrogen-bond donors (Lipinski definition) is 3. The summed E-state index contributed by atoms with van der Waals surface area (Å²) in [6.45, 7) is 3.73. The first-order valence-electron chi connectivity index (χ1n) is 13.9. The molecule has 0 aliphatic carbocycles. The minimum atomic E-state index is -4.09. The number of benzene rings is 3. The molecule has 0 aromatic heterocycles. The van der Waals surface area contributed by atoms with Gasteiger partial charge in [-0.25, -0.2) is 13.2 Å². The molecule has 44 heavy (non-hydrogen) atoms. The number of anilines is 2. The van der Waals surface area contributed by atoms with Gasteiger partial charge in [0.2, 0.25) is 6.79 Å². The first kappa shape index (κ1) is 31.2. The van der Waals surface area contributed by atoms with Crippen molar-refractivity contribution >= 4 is 44.9 Å². The zero-order chi connectivity index (χ0) is 31.6. The molecule has 2 heterocycles. The van der Waals surface area contributed by atoms with Crippen molar-refractivity contribution in [2.24, 2.45) is 5.92 Å². The molecular formula is C30H33ClN4O8S. The van der Waals surface area contributed by atoms with Crippen LogP contribution in [0.2, 0.25) is 5.02 Å². The van der Waals surface area contributed by atoms with Crippen LogP contribution in [-0.2, 0) is 10.0 Å². The Labute approximate surface area is 260 Å². The number of carbonyl (C=O) groups excluding carboxylic acids is 2. The quantitative estimate of drug-likeness (QED) is 0.330. The summed E-state index contributed by atoms with van der Waals surface area (Å²) in [6, 6.07) is 14.4. The van der Waals surface area contributed by atoms with Crippen LogP contribution in [0.15, 0.2) is 65.6 Å². The Morgan fingerprint density at radius 3 is 2.59 bits per heavy atom. The summed E-state index contributed by atoms with van der Waals surface area (Å²) in [5.41, 5.74) is 0.676. The van der Waals surface area contributed by atoms with Gasteiger partial charge in [0.1, 0.15) is 6.10 Å². The summed E-state index contributed by atoms with van der Waals surface area (Å²) in [7, 11) is -2.49. The molecule has 0 spiro atoms. The second-order valence-corrected chi connectivity index (χ2v) is 12.9. The molecule has 12 nitrogen and oxygen atoms in total. The van der Waals surface area contributed by atoms with Crippen molar-refractivity contribution in [1.29, 1.82) is 0 Å². The van der Waals surface area contributed by atoms with Gasteiger partial charge in [0.15, 0.2) is 17.2 Å². The highest BCUT2D eigenvalue weighted by Crippen LogP contribution is 2.37. The second-order valence-electron chi connectivity index (χ2n) is 10.7. The molecule has 0 radical (unpaired) electrons. The molecule has 3 aromatic carbocycles. The molecule has 3 atom stereocenters. The van der Waals surface area contributed by atoms with Gasteiger partial charge in [-0.05, 0) is 55.5 Å². The Balaban J connectivity index is 1.44. The number of aliphatic hydroxyl groups excluding tert-OH is 1. The maximum absolute atomic E-state index is 13.7. The normalized spacial score (nSPS) is 18.4. The molecule has 3 amide bonds. The molecule has 0 saturated carbocycles. The number of urea groups is 1. The van der Waals surface area contributed by atoms with Crippen LogP contribution in [0.1, 0.15) is 24.2 Å². The lowest BCUT2D eigenvalue weighted by Gasteiger charge is -2.38. The predicted octanol–water partition coefficient (Wildman–Crippen LogP) is 4.25. The molecule has 0 fully saturated rings. The molecule has 14 heteroatoms. The number of amides is 3. The smallest absolute Gasteiger partial charge is 0.321 e. The van der Waals surface area contributed by atoms with E-state index in [0.29, 0.717) is 22.2 Å². The Morgan fingerprint density at radius 1 is 1.14 bits per heavy atom. The average molecular weight is 645 g/mol. The van der Waals surface area contributed by atoms with Crippen LogP contribution in [0.3, 0.4) is 0 Å². The fraction of sp³-hybridized carbons (Fsp3) is 0.333. The van der Waals surface area contributed by atoms with E-state index in [-0.39, 0.29) is 54.3 Å². The van der Waals surface area contributed by atoms with Crippen LogP contribution >= 0.6 is 11.6 Å². The van der Waals surface area contributed by atoms with E-state index in [1.807, 2.05) is 6.92 Å². The van der Waals surface area contributed by atoms with E-state index in [2.05, 4.69) is 10.0 Å². The van der Waals surface area contributed by atoms with Gasteiger partial charge >= 0.3 is 6.03 Å². The molecule has 0 saturated heterocycles. The van der Waals surface area contributed by atoms with Crippen molar-refractivity contribution in [3.8, 4) is 17.2 Å². The Bertz CT molecular complexity index is 1650. The summed E-state index contributed by atoms with van der Waals surface area (Å²) >= 11 is 5.94. The lowest BCUT2D eigenvalue weighted by atomic mass is 9.99. The summed E-state index contributed by atoms with van der Waals surface area (Å²) in [6.07, 6.45) is -0.677. The fourth-order valence-corrected chi connectivity index (χ4v) is 6.09. The van der Waals surface area contributed by atoms with E-state index < -0.39 is 34.1 Å². The van der Waals surface area contributed by atoms with Crippen LogP contribution in [0, 0.1) is 5.92 Å². The third kappa shape index (κ3) is 6.64. The van der Waals surface area contributed by atoms with Gasteiger partial charge in [-0.2, -0.15) is 0 Å². The number of aliphatic hydroxyl groups is 1. The number of hydrogen-bond acceptors (Lipinski definition) is 8. The van der Waals surface area contributed by atoms with Gasteiger partial charge in [-0.3, -0.25) is 9.52 Å². The summed E-state index contributed by atoms with van der Waals surface area (Å²) in [5.74, 6) is 0.378. The number of nitrogens with one attached hydrogen (secondary N) is 2. The number of para-hydroxylation sites is 1. The molecule has 0 bridgehead atoms. The highest BCUT2D eigenvalue weighted by Gasteiger charge is 2.35. The number of rotatable bonds is 8. The van der Waals surface area contributed by atoms with Gasteiger partial charge < -0.3 is 34.4 Å². The number of nitrogens with zero attached hydrogens (tertiary/aromatic N) is 2. The van der Waals surface area contributed by atoms with Crippen molar-refractivity contribution < 1.29 is 37.3 Å². The highest BCUT2D eigenvalue weighted by molar-refractivity contribution is 7.92. The monoisotopic (exact) mass is 644 g/mol. The second kappa shape index (κ2) is 12.8. The zero-order valence-corrected chi connectivity index (χ0v) is 25.9. The topological polar surface area (TPSA) is 147 Å². The maximum atomic E-state index is 13.7. The number of carbonyl (C=O) groups is 2. The van der Waals surface area contributed by atoms with Gasteiger partial charge in [0.25, 0.3) is 15.9 Å². The van der Waals surface area contributed by atoms with E-state index in [4.69, 9.17) is 25.8 Å². The number of fused-ring (bicyclic) bond motifs is 2. The Morgan fingerprint density at radius 2 is 1.86 bits per heavy atom. The van der Waals surface area contributed by atoms with Crippen LogP contribution in [0.4, 0.5) is 16.2 Å². The minimum Gasteiger partial charge on any atom is -0.485 e. The lowest BCUT2D eigenvalue weighted by molar-refractivity contribution is 0.0373. The van der Waals surface area contributed by atoms with E-state index in [1.165, 1.54) is 46.2 Å². The van der Waals surface area contributed by atoms with Gasteiger partial charge in [-0.15, -0.1) is 0 Å². The SMILES string of the molecule is C[C@H](CO)N1C[C@H](C)[C@@H](CN(C)C(=O)Nc2ccc3c(c2)OCO3)Oc2c(NS(=O)(=O)c3ccc(Cl)cc3)cccc2C1=O. The molecule has 3 N–H and O–H groups in total. The van der Waals surface area contributed by atoms with E-state index >= 15 is 0 Å². The predicted molar refractivity (Wildman–Crippen MR) is 164 cm³/mol. The first-order valence-corrected chi connectivity index (χ1v) is 15.7. The van der Waals surface area contributed by atoms with Gasteiger partial charge in [0.05, 0.1) is 35.3 Å². The summed E-state index contributed by atoms with van der Waals surface area (Å²) in [5, 5.41) is 13.1. The largest absolute Gasteiger partial charge is 0.485 e. The van der Waals surface area contributed by atoms with E-state index in [1.54, 1.807) is 38.2 Å². The standard InChI is InChI=1S/C30H33ClN4O8S/c1-18-14-35(19(2)16-36)29(37)23-5-4-6-24(33-44(39,40)22-10-7-20(31)8-11-22)28(23)43-27(18)15-34(3)30(38)32-21-9-12-25-26(13-21)42-17-41-25/h4-13,18-19,27,33,36H,14-17H2,1-3H3,(H,32,38)/t18-,19+,27+/m0/s1.